The summed E-state index contributed by atoms with van der Waals surface area (Å²) in [6.07, 6.45) is 1.81. The van der Waals surface area contributed by atoms with Gasteiger partial charge in [0.2, 0.25) is 11.9 Å². The Morgan fingerprint density at radius 2 is 1.92 bits per heavy atom. The fourth-order valence-electron chi connectivity index (χ4n) is 3.38. The third-order valence-corrected chi connectivity index (χ3v) is 4.66. The average molecular weight is 354 g/mol. The van der Waals surface area contributed by atoms with E-state index in [1.807, 2.05) is 45.0 Å². The maximum atomic E-state index is 12.8. The highest BCUT2D eigenvalue weighted by Gasteiger charge is 2.28. The second-order valence-corrected chi connectivity index (χ2v) is 6.93. The molecule has 2 heterocycles. The lowest BCUT2D eigenvalue weighted by atomic mass is 9.97. The lowest BCUT2D eigenvalue weighted by molar-refractivity contribution is -0.120. The largest absolute Gasteiger partial charge is 0.495 e. The number of piperidine rings is 1. The minimum absolute atomic E-state index is 0.0166. The van der Waals surface area contributed by atoms with Crippen LogP contribution in [0.15, 0.2) is 24.3 Å². The number of hydrogen-bond acceptors (Lipinski definition) is 5. The average Bonchev–Trinajstić information content (AvgIpc) is 2.61. The number of nitrogens with zero attached hydrogens (tertiary/aromatic N) is 3. The Morgan fingerprint density at radius 3 is 2.62 bits per heavy atom. The number of ether oxygens (including phenoxy) is 1. The van der Waals surface area contributed by atoms with Crippen LogP contribution in [0.4, 0.5) is 11.6 Å². The summed E-state index contributed by atoms with van der Waals surface area (Å²) in [5.41, 5.74) is 3.69. The molecule has 1 atom stereocenters. The van der Waals surface area contributed by atoms with Crippen molar-refractivity contribution in [2.45, 2.75) is 33.6 Å². The van der Waals surface area contributed by atoms with Gasteiger partial charge in [0.1, 0.15) is 5.75 Å². The van der Waals surface area contributed by atoms with Gasteiger partial charge in [-0.3, -0.25) is 4.79 Å². The molecule has 1 unspecified atom stereocenters. The van der Waals surface area contributed by atoms with E-state index >= 15 is 0 Å². The molecule has 1 N–H and O–H groups in total. The van der Waals surface area contributed by atoms with Crippen LogP contribution in [0.5, 0.6) is 5.75 Å². The molecule has 0 aliphatic carbocycles. The molecular formula is C20H26N4O2. The van der Waals surface area contributed by atoms with Gasteiger partial charge in [0.25, 0.3) is 0 Å². The number of benzene rings is 1. The second-order valence-electron chi connectivity index (χ2n) is 6.93. The van der Waals surface area contributed by atoms with Crippen LogP contribution in [0, 0.1) is 26.7 Å². The number of anilines is 2. The van der Waals surface area contributed by atoms with Crippen LogP contribution in [-0.4, -0.2) is 36.1 Å². The SMILES string of the molecule is COc1ccc(C)cc1NC(=O)C1CCCN(c2nc(C)cc(C)n2)C1. The van der Waals surface area contributed by atoms with Crippen LogP contribution in [0.3, 0.4) is 0 Å². The van der Waals surface area contributed by atoms with Crippen LogP contribution in [0.1, 0.15) is 29.8 Å². The molecule has 0 saturated carbocycles. The lowest BCUT2D eigenvalue weighted by Crippen LogP contribution is -2.41. The van der Waals surface area contributed by atoms with Crippen molar-refractivity contribution in [1.29, 1.82) is 0 Å². The van der Waals surface area contributed by atoms with E-state index in [1.54, 1.807) is 7.11 Å². The molecule has 2 aromatic rings. The summed E-state index contributed by atoms with van der Waals surface area (Å²) in [7, 11) is 1.61. The van der Waals surface area contributed by atoms with Gasteiger partial charge in [-0.05, 0) is 57.4 Å². The third-order valence-electron chi connectivity index (χ3n) is 4.66. The number of carbonyl (C=O) groups is 1. The Morgan fingerprint density at radius 1 is 1.19 bits per heavy atom. The smallest absolute Gasteiger partial charge is 0.229 e. The number of aromatic nitrogens is 2. The summed E-state index contributed by atoms with van der Waals surface area (Å²) < 4.78 is 5.36. The van der Waals surface area contributed by atoms with E-state index in [0.717, 1.165) is 42.0 Å². The summed E-state index contributed by atoms with van der Waals surface area (Å²) in [6.45, 7) is 7.44. The van der Waals surface area contributed by atoms with Gasteiger partial charge >= 0.3 is 0 Å². The number of methoxy groups -OCH3 is 1. The summed E-state index contributed by atoms with van der Waals surface area (Å²) in [6, 6.07) is 7.74. The molecule has 138 valence electrons. The van der Waals surface area contributed by atoms with Crippen LogP contribution < -0.4 is 15.0 Å². The van der Waals surface area contributed by atoms with E-state index in [4.69, 9.17) is 4.74 Å². The van der Waals surface area contributed by atoms with Gasteiger partial charge in [-0.25, -0.2) is 9.97 Å². The van der Waals surface area contributed by atoms with Crippen molar-refractivity contribution in [3.8, 4) is 5.75 Å². The normalized spacial score (nSPS) is 17.1. The predicted octanol–water partition coefficient (Wildman–Crippen LogP) is 3.27. The van der Waals surface area contributed by atoms with E-state index in [2.05, 4.69) is 20.2 Å². The lowest BCUT2D eigenvalue weighted by Gasteiger charge is -2.32. The van der Waals surface area contributed by atoms with Gasteiger partial charge in [-0.15, -0.1) is 0 Å². The highest BCUT2D eigenvalue weighted by atomic mass is 16.5. The fourth-order valence-corrected chi connectivity index (χ4v) is 3.38. The van der Waals surface area contributed by atoms with Gasteiger partial charge < -0.3 is 15.0 Å². The maximum absolute atomic E-state index is 12.8. The van der Waals surface area contributed by atoms with Gasteiger partial charge in [0, 0.05) is 24.5 Å². The zero-order valence-corrected chi connectivity index (χ0v) is 15.9. The highest BCUT2D eigenvalue weighted by Crippen LogP contribution is 2.27. The van der Waals surface area contributed by atoms with E-state index in [1.165, 1.54) is 0 Å². The van der Waals surface area contributed by atoms with Crippen LogP contribution in [0.2, 0.25) is 0 Å². The van der Waals surface area contributed by atoms with E-state index < -0.39 is 0 Å². The van der Waals surface area contributed by atoms with Crippen molar-refractivity contribution in [1.82, 2.24) is 9.97 Å². The summed E-state index contributed by atoms with van der Waals surface area (Å²) in [5.74, 6) is 1.31. The Balaban J connectivity index is 1.73. The monoisotopic (exact) mass is 354 g/mol. The number of hydrogen-bond donors (Lipinski definition) is 1. The van der Waals surface area contributed by atoms with Gasteiger partial charge in [-0.2, -0.15) is 0 Å². The number of amides is 1. The molecule has 1 aliphatic heterocycles. The molecule has 0 spiro atoms. The number of carbonyl (C=O) groups excluding carboxylic acids is 1. The Labute approximate surface area is 154 Å². The van der Waals surface area contributed by atoms with Gasteiger partial charge in [0.15, 0.2) is 0 Å². The molecule has 1 fully saturated rings. The summed E-state index contributed by atoms with van der Waals surface area (Å²) in [5, 5.41) is 3.04. The Hall–Kier alpha value is -2.63. The van der Waals surface area contributed by atoms with Gasteiger partial charge in [0.05, 0.1) is 18.7 Å². The molecule has 1 amide bonds. The highest BCUT2D eigenvalue weighted by molar-refractivity contribution is 5.94. The minimum Gasteiger partial charge on any atom is -0.495 e. The van der Waals surface area contributed by atoms with Crippen molar-refractivity contribution >= 4 is 17.5 Å². The molecule has 0 radical (unpaired) electrons. The standard InChI is InChI=1S/C20H26N4O2/c1-13-7-8-18(26-4)17(10-13)23-19(25)16-6-5-9-24(12-16)20-21-14(2)11-15(3)22-20/h7-8,10-11,16H,5-6,9,12H2,1-4H3,(H,23,25). The molecule has 26 heavy (non-hydrogen) atoms. The minimum atomic E-state index is -0.0987. The molecule has 3 rings (SSSR count). The second kappa shape index (κ2) is 7.72. The van der Waals surface area contributed by atoms with Crippen molar-refractivity contribution in [2.75, 3.05) is 30.4 Å². The van der Waals surface area contributed by atoms with Crippen LogP contribution in [-0.2, 0) is 4.79 Å². The fraction of sp³-hybridized carbons (Fsp3) is 0.450. The first-order valence-corrected chi connectivity index (χ1v) is 8.99. The molecule has 6 nitrogen and oxygen atoms in total. The molecule has 1 aromatic heterocycles. The molecule has 1 aromatic carbocycles. The van der Waals surface area contributed by atoms with Crippen molar-refractivity contribution in [3.05, 3.63) is 41.2 Å². The van der Waals surface area contributed by atoms with E-state index in [9.17, 15) is 4.79 Å². The summed E-state index contributed by atoms with van der Waals surface area (Å²) >= 11 is 0. The van der Waals surface area contributed by atoms with Crippen molar-refractivity contribution in [2.24, 2.45) is 5.92 Å². The molecular weight excluding hydrogens is 328 g/mol. The Kier molecular flexibility index (Phi) is 5.40. The zero-order chi connectivity index (χ0) is 18.7. The quantitative estimate of drug-likeness (QED) is 0.913. The number of aryl methyl sites for hydroxylation is 3. The first-order valence-electron chi connectivity index (χ1n) is 8.99. The van der Waals surface area contributed by atoms with E-state index in [0.29, 0.717) is 18.2 Å². The first kappa shape index (κ1) is 18.2. The van der Waals surface area contributed by atoms with Crippen LogP contribution >= 0.6 is 0 Å². The molecule has 0 bridgehead atoms. The van der Waals surface area contributed by atoms with Gasteiger partial charge in [-0.1, -0.05) is 6.07 Å². The number of nitrogens with one attached hydrogen (secondary N) is 1. The molecule has 1 aliphatic rings. The predicted molar refractivity (Wildman–Crippen MR) is 103 cm³/mol. The molecule has 6 heteroatoms. The number of rotatable bonds is 4. The molecule has 1 saturated heterocycles. The topological polar surface area (TPSA) is 67.3 Å². The Bertz CT molecular complexity index is 786. The van der Waals surface area contributed by atoms with E-state index in [-0.39, 0.29) is 11.8 Å². The van der Waals surface area contributed by atoms with Crippen LogP contribution in [0.25, 0.3) is 0 Å². The van der Waals surface area contributed by atoms with Crippen molar-refractivity contribution < 1.29 is 9.53 Å². The zero-order valence-electron chi connectivity index (χ0n) is 15.9. The summed E-state index contributed by atoms with van der Waals surface area (Å²) in [4.78, 5) is 24.0. The maximum Gasteiger partial charge on any atom is 0.229 e. The third kappa shape index (κ3) is 4.12. The van der Waals surface area contributed by atoms with Crippen molar-refractivity contribution in [3.63, 3.8) is 0 Å². The first-order chi connectivity index (χ1) is 12.5.